The van der Waals surface area contributed by atoms with Gasteiger partial charge in [-0.1, -0.05) is 13.8 Å². The molecule has 1 heterocycles. The summed E-state index contributed by atoms with van der Waals surface area (Å²) >= 11 is 2.12. The molecule has 2 fully saturated rings. The quantitative estimate of drug-likeness (QED) is 0.744. The molecule has 0 unspecified atom stereocenters. The van der Waals surface area contributed by atoms with E-state index in [0.717, 1.165) is 17.8 Å². The second-order valence-corrected chi connectivity index (χ2v) is 7.16. The average molecular weight is 241 g/mol. The zero-order chi connectivity index (χ0) is 11.4. The Morgan fingerprint density at radius 2 is 1.69 bits per heavy atom. The van der Waals surface area contributed by atoms with E-state index in [1.807, 2.05) is 0 Å². The number of hydrogen-bond donors (Lipinski definition) is 0. The summed E-state index contributed by atoms with van der Waals surface area (Å²) < 4.78 is 0. The van der Waals surface area contributed by atoms with E-state index in [-0.39, 0.29) is 0 Å². The number of nitrogens with zero attached hydrogens (tertiary/aromatic N) is 1. The van der Waals surface area contributed by atoms with Gasteiger partial charge in [0.25, 0.3) is 0 Å². The fourth-order valence-corrected chi connectivity index (χ4v) is 4.17. The van der Waals surface area contributed by atoms with E-state index in [0.29, 0.717) is 0 Å². The summed E-state index contributed by atoms with van der Waals surface area (Å²) in [7, 11) is 0. The van der Waals surface area contributed by atoms with Gasteiger partial charge in [0.15, 0.2) is 0 Å². The highest BCUT2D eigenvalue weighted by Crippen LogP contribution is 2.33. The minimum atomic E-state index is 0.910. The van der Waals surface area contributed by atoms with Crippen LogP contribution in [0.3, 0.4) is 0 Å². The minimum absolute atomic E-state index is 0.910. The maximum Gasteiger partial charge on any atom is 0.00728 e. The van der Waals surface area contributed by atoms with Crippen LogP contribution in [0.4, 0.5) is 0 Å². The highest BCUT2D eigenvalue weighted by atomic mass is 32.2. The van der Waals surface area contributed by atoms with Crippen LogP contribution in [0.1, 0.15) is 39.5 Å². The van der Waals surface area contributed by atoms with Crippen molar-refractivity contribution in [1.29, 1.82) is 0 Å². The summed E-state index contributed by atoms with van der Waals surface area (Å²) in [5.74, 6) is 5.67. The zero-order valence-corrected chi connectivity index (χ0v) is 11.8. The Bertz CT molecular complexity index is 191. The molecule has 0 aromatic heterocycles. The molecule has 94 valence electrons. The first kappa shape index (κ1) is 12.8. The number of hydrogen-bond acceptors (Lipinski definition) is 2. The van der Waals surface area contributed by atoms with Crippen LogP contribution in [0.25, 0.3) is 0 Å². The van der Waals surface area contributed by atoms with E-state index in [1.165, 1.54) is 56.8 Å². The van der Waals surface area contributed by atoms with E-state index < -0.39 is 0 Å². The van der Waals surface area contributed by atoms with Crippen molar-refractivity contribution in [1.82, 2.24) is 4.90 Å². The van der Waals surface area contributed by atoms with Crippen molar-refractivity contribution in [3.8, 4) is 0 Å². The molecule has 1 saturated carbocycles. The van der Waals surface area contributed by atoms with Gasteiger partial charge >= 0.3 is 0 Å². The fourth-order valence-electron chi connectivity index (χ4n) is 3.19. The molecule has 0 aromatic carbocycles. The van der Waals surface area contributed by atoms with Crippen LogP contribution in [-0.2, 0) is 0 Å². The third-order valence-electron chi connectivity index (χ3n) is 4.45. The summed E-state index contributed by atoms with van der Waals surface area (Å²) in [4.78, 5) is 2.71. The van der Waals surface area contributed by atoms with E-state index in [4.69, 9.17) is 0 Å². The first-order valence-electron chi connectivity index (χ1n) is 7.06. The smallest absolute Gasteiger partial charge is 0.00728 e. The Morgan fingerprint density at radius 1 is 1.06 bits per heavy atom. The lowest BCUT2D eigenvalue weighted by atomic mass is 9.77. The van der Waals surface area contributed by atoms with Gasteiger partial charge in [-0.25, -0.2) is 0 Å². The fraction of sp³-hybridized carbons (Fsp3) is 1.00. The van der Waals surface area contributed by atoms with Gasteiger partial charge in [0.2, 0.25) is 0 Å². The first-order valence-corrected chi connectivity index (χ1v) is 8.21. The summed E-state index contributed by atoms with van der Waals surface area (Å²) in [6.07, 6.45) is 5.97. The highest BCUT2D eigenvalue weighted by molar-refractivity contribution is 7.99. The van der Waals surface area contributed by atoms with E-state index in [2.05, 4.69) is 30.5 Å². The van der Waals surface area contributed by atoms with Gasteiger partial charge in [-0.3, -0.25) is 0 Å². The number of thioether (sulfide) groups is 1. The molecule has 1 aliphatic heterocycles. The van der Waals surface area contributed by atoms with Crippen molar-refractivity contribution in [3.05, 3.63) is 0 Å². The van der Waals surface area contributed by atoms with Gasteiger partial charge < -0.3 is 4.90 Å². The molecular formula is C14H27NS. The second kappa shape index (κ2) is 6.30. The highest BCUT2D eigenvalue weighted by Gasteiger charge is 2.24. The van der Waals surface area contributed by atoms with Crippen LogP contribution in [-0.4, -0.2) is 36.0 Å². The zero-order valence-electron chi connectivity index (χ0n) is 11.0. The summed E-state index contributed by atoms with van der Waals surface area (Å²) in [6, 6.07) is 0. The molecule has 0 bridgehead atoms. The lowest BCUT2D eigenvalue weighted by molar-refractivity contribution is 0.171. The van der Waals surface area contributed by atoms with Crippen molar-refractivity contribution < 1.29 is 0 Å². The van der Waals surface area contributed by atoms with E-state index >= 15 is 0 Å². The van der Waals surface area contributed by atoms with Crippen LogP contribution in [0, 0.1) is 17.8 Å². The molecule has 0 atom stereocenters. The van der Waals surface area contributed by atoms with Crippen LogP contribution in [0.5, 0.6) is 0 Å². The van der Waals surface area contributed by atoms with Crippen molar-refractivity contribution >= 4 is 11.8 Å². The van der Waals surface area contributed by atoms with E-state index in [9.17, 15) is 0 Å². The lowest BCUT2D eigenvalue weighted by Crippen LogP contribution is -2.37. The van der Waals surface area contributed by atoms with Crippen molar-refractivity contribution in [2.45, 2.75) is 39.5 Å². The first-order chi connectivity index (χ1) is 7.75. The molecule has 16 heavy (non-hydrogen) atoms. The van der Waals surface area contributed by atoms with Crippen LogP contribution in [0.15, 0.2) is 0 Å². The van der Waals surface area contributed by atoms with Crippen LogP contribution in [0.2, 0.25) is 0 Å². The Balaban J connectivity index is 1.68. The maximum atomic E-state index is 2.71. The standard InChI is InChI=1S/C14H27NS/c1-12(2)14-5-3-13(4-6-14)11-15-7-9-16-10-8-15/h12-14H,3-11H2,1-2H3/t13-,14+. The molecule has 1 aliphatic carbocycles. The van der Waals surface area contributed by atoms with Crippen molar-refractivity contribution in [3.63, 3.8) is 0 Å². The molecule has 1 saturated heterocycles. The lowest BCUT2D eigenvalue weighted by Gasteiger charge is -2.35. The van der Waals surface area contributed by atoms with E-state index in [1.54, 1.807) is 0 Å². The summed E-state index contributed by atoms with van der Waals surface area (Å²) in [5.41, 5.74) is 0. The largest absolute Gasteiger partial charge is 0.301 e. The summed E-state index contributed by atoms with van der Waals surface area (Å²) in [6.45, 7) is 8.87. The maximum absolute atomic E-state index is 2.71. The minimum Gasteiger partial charge on any atom is -0.301 e. The van der Waals surface area contributed by atoms with Gasteiger partial charge in [0.05, 0.1) is 0 Å². The molecular weight excluding hydrogens is 214 g/mol. The Kier molecular flexibility index (Phi) is 5.02. The average Bonchev–Trinajstić information content (AvgIpc) is 2.31. The molecule has 1 nitrogen and oxygen atoms in total. The molecule has 0 amide bonds. The van der Waals surface area contributed by atoms with Crippen molar-refractivity contribution in [2.24, 2.45) is 17.8 Å². The SMILES string of the molecule is CC(C)[C@H]1CC[C@@H](CN2CCSCC2)CC1. The van der Waals surface area contributed by atoms with Gasteiger partial charge in [0.1, 0.15) is 0 Å². The van der Waals surface area contributed by atoms with Gasteiger partial charge in [-0.2, -0.15) is 11.8 Å². The predicted octanol–water partition coefficient (Wildman–Crippen LogP) is 3.50. The Hall–Kier alpha value is 0.310. The molecule has 2 rings (SSSR count). The van der Waals surface area contributed by atoms with Gasteiger partial charge in [0, 0.05) is 31.1 Å². The van der Waals surface area contributed by atoms with Crippen molar-refractivity contribution in [2.75, 3.05) is 31.1 Å². The third-order valence-corrected chi connectivity index (χ3v) is 5.40. The molecule has 0 radical (unpaired) electrons. The Labute approximate surface area is 105 Å². The third kappa shape index (κ3) is 3.66. The predicted molar refractivity (Wildman–Crippen MR) is 74.1 cm³/mol. The topological polar surface area (TPSA) is 3.24 Å². The normalized spacial score (nSPS) is 33.2. The molecule has 0 aromatic rings. The Morgan fingerprint density at radius 3 is 2.25 bits per heavy atom. The van der Waals surface area contributed by atoms with Gasteiger partial charge in [-0.15, -0.1) is 0 Å². The molecule has 2 aliphatic rings. The summed E-state index contributed by atoms with van der Waals surface area (Å²) in [5, 5.41) is 0. The molecule has 0 N–H and O–H groups in total. The van der Waals surface area contributed by atoms with Crippen LogP contribution >= 0.6 is 11.8 Å². The van der Waals surface area contributed by atoms with Gasteiger partial charge in [-0.05, 0) is 43.4 Å². The molecule has 2 heteroatoms. The van der Waals surface area contributed by atoms with Crippen LogP contribution < -0.4 is 0 Å². The second-order valence-electron chi connectivity index (χ2n) is 5.94. The number of rotatable bonds is 3. The molecule has 0 spiro atoms. The monoisotopic (exact) mass is 241 g/mol.